The molecule has 1 N–H and O–H groups in total. The van der Waals surface area contributed by atoms with Crippen LogP contribution in [0.1, 0.15) is 52.0 Å². The number of nitrogens with one attached hydrogen (secondary N) is 1. The van der Waals surface area contributed by atoms with Gasteiger partial charge >= 0.3 is 6.18 Å². The number of rotatable bonds is 6. The van der Waals surface area contributed by atoms with Crippen LogP contribution in [0.5, 0.6) is 5.88 Å². The van der Waals surface area contributed by atoms with Crippen LogP contribution < -0.4 is 15.0 Å². The standard InChI is InChI=1S/C27H34F3N5O4S/c1-26(2,3)40-25(36)34-14-12-33(13-15-34)20-10-11-31-24(17-20)39-21-7-4-18(5-8-21)32-19-6-9-23(35(37)38)22(16-19)27(28,29)30/h6,9-11,16-18,21,32H,4-5,7-8,12-15H2,1-3H3. The molecule has 1 saturated heterocycles. The minimum Gasteiger partial charge on any atom is -0.474 e. The van der Waals surface area contributed by atoms with Gasteiger partial charge in [-0.25, -0.2) is 4.98 Å². The maximum absolute atomic E-state index is 13.3. The van der Waals surface area contributed by atoms with Gasteiger partial charge in [-0.15, -0.1) is 0 Å². The number of hydrogen-bond acceptors (Lipinski definition) is 8. The number of carbonyl (C=O) groups is 1. The highest BCUT2D eigenvalue weighted by Crippen LogP contribution is 2.38. The molecule has 2 aliphatic rings. The van der Waals surface area contributed by atoms with Gasteiger partial charge in [-0.05, 0) is 43.9 Å². The van der Waals surface area contributed by atoms with E-state index in [0.717, 1.165) is 30.9 Å². The maximum Gasteiger partial charge on any atom is 0.423 e. The quantitative estimate of drug-likeness (QED) is 0.302. The number of hydrogen-bond donors (Lipinski definition) is 1. The number of carbonyl (C=O) groups excluding carboxylic acids is 1. The van der Waals surface area contributed by atoms with Crippen molar-refractivity contribution in [3.8, 4) is 5.88 Å². The lowest BCUT2D eigenvalue weighted by Gasteiger charge is -2.37. The number of amides is 1. The van der Waals surface area contributed by atoms with E-state index in [2.05, 4.69) is 15.2 Å². The van der Waals surface area contributed by atoms with Crippen molar-refractivity contribution in [2.75, 3.05) is 36.4 Å². The van der Waals surface area contributed by atoms with E-state index in [4.69, 9.17) is 4.74 Å². The summed E-state index contributed by atoms with van der Waals surface area (Å²) in [4.78, 5) is 30.9. The predicted molar refractivity (Wildman–Crippen MR) is 149 cm³/mol. The molecule has 1 aliphatic carbocycles. The van der Waals surface area contributed by atoms with Gasteiger partial charge in [0.2, 0.25) is 5.88 Å². The lowest BCUT2D eigenvalue weighted by Crippen LogP contribution is -2.48. The van der Waals surface area contributed by atoms with E-state index < -0.39 is 22.4 Å². The maximum atomic E-state index is 13.3. The van der Waals surface area contributed by atoms with Crippen molar-refractivity contribution in [1.82, 2.24) is 9.88 Å². The van der Waals surface area contributed by atoms with Crippen molar-refractivity contribution in [2.24, 2.45) is 0 Å². The predicted octanol–water partition coefficient (Wildman–Crippen LogP) is 6.58. The molecule has 1 aromatic heterocycles. The van der Waals surface area contributed by atoms with Crippen LogP contribution in [-0.2, 0) is 6.18 Å². The molecule has 2 fully saturated rings. The van der Waals surface area contributed by atoms with E-state index in [0.29, 0.717) is 44.7 Å². The summed E-state index contributed by atoms with van der Waals surface area (Å²) in [7, 11) is 0. The monoisotopic (exact) mass is 581 g/mol. The van der Waals surface area contributed by atoms with Gasteiger partial charge in [0.25, 0.3) is 10.9 Å². The van der Waals surface area contributed by atoms with Crippen LogP contribution in [0.2, 0.25) is 0 Å². The number of anilines is 2. The van der Waals surface area contributed by atoms with Gasteiger partial charge in [0.05, 0.1) is 4.92 Å². The highest BCUT2D eigenvalue weighted by molar-refractivity contribution is 8.14. The number of alkyl halides is 3. The van der Waals surface area contributed by atoms with Crippen molar-refractivity contribution in [1.29, 1.82) is 0 Å². The summed E-state index contributed by atoms with van der Waals surface area (Å²) in [6, 6.07) is 6.76. The molecule has 1 aliphatic heterocycles. The summed E-state index contributed by atoms with van der Waals surface area (Å²) in [5.41, 5.74) is -1.04. The highest BCUT2D eigenvalue weighted by Gasteiger charge is 2.38. The van der Waals surface area contributed by atoms with E-state index in [1.165, 1.54) is 17.8 Å². The van der Waals surface area contributed by atoms with Gasteiger partial charge in [0, 0.05) is 66.7 Å². The zero-order valence-electron chi connectivity index (χ0n) is 22.7. The van der Waals surface area contributed by atoms with Gasteiger partial charge in [0.1, 0.15) is 11.7 Å². The summed E-state index contributed by atoms with van der Waals surface area (Å²) in [5, 5.41) is 14.2. The first kappa shape index (κ1) is 29.8. The minimum atomic E-state index is -4.82. The smallest absolute Gasteiger partial charge is 0.423 e. The van der Waals surface area contributed by atoms with Gasteiger partial charge in [-0.1, -0.05) is 32.5 Å². The zero-order chi connectivity index (χ0) is 29.1. The Balaban J connectivity index is 1.28. The Labute approximate surface area is 235 Å². The number of benzene rings is 1. The van der Waals surface area contributed by atoms with E-state index in [1.54, 1.807) is 6.20 Å². The first-order chi connectivity index (χ1) is 18.8. The Morgan fingerprint density at radius 1 is 1.07 bits per heavy atom. The van der Waals surface area contributed by atoms with Crippen LogP contribution in [-0.4, -0.2) is 63.1 Å². The number of nitro benzene ring substituents is 1. The molecule has 2 aromatic rings. The first-order valence-corrected chi connectivity index (χ1v) is 14.1. The third kappa shape index (κ3) is 7.92. The Morgan fingerprint density at radius 2 is 1.75 bits per heavy atom. The summed E-state index contributed by atoms with van der Waals surface area (Å²) >= 11 is 1.35. The van der Waals surface area contributed by atoms with E-state index in [1.807, 2.05) is 37.8 Å². The molecule has 2 heterocycles. The average molecular weight is 582 g/mol. The number of nitro groups is 1. The largest absolute Gasteiger partial charge is 0.474 e. The Kier molecular flexibility index (Phi) is 9.01. The zero-order valence-corrected chi connectivity index (χ0v) is 23.6. The van der Waals surface area contributed by atoms with Crippen LogP contribution in [0.4, 0.5) is 35.0 Å². The van der Waals surface area contributed by atoms with Gasteiger partial charge < -0.3 is 19.9 Å². The second-order valence-electron chi connectivity index (χ2n) is 11.0. The molecule has 1 saturated carbocycles. The number of ether oxygens (including phenoxy) is 1. The number of piperazine rings is 1. The van der Waals surface area contributed by atoms with Crippen LogP contribution >= 0.6 is 11.8 Å². The normalized spacial score (nSPS) is 20.2. The summed E-state index contributed by atoms with van der Waals surface area (Å²) < 4.78 is 45.9. The van der Waals surface area contributed by atoms with Crippen LogP contribution in [0.25, 0.3) is 0 Å². The summed E-state index contributed by atoms with van der Waals surface area (Å²) in [6.45, 7) is 8.82. The lowest BCUT2D eigenvalue weighted by molar-refractivity contribution is -0.388. The van der Waals surface area contributed by atoms with Crippen molar-refractivity contribution in [3.05, 3.63) is 52.2 Å². The Hall–Kier alpha value is -3.22. The lowest BCUT2D eigenvalue weighted by atomic mass is 9.92. The Morgan fingerprint density at radius 3 is 2.35 bits per heavy atom. The molecule has 9 nitrogen and oxygen atoms in total. The molecule has 40 heavy (non-hydrogen) atoms. The number of pyridine rings is 1. The van der Waals surface area contributed by atoms with Gasteiger partial charge in [-0.2, -0.15) is 13.2 Å². The molecule has 0 radical (unpaired) electrons. The molecule has 0 unspecified atom stereocenters. The molecule has 4 rings (SSSR count). The third-order valence-electron chi connectivity index (χ3n) is 6.85. The number of thioether (sulfide) groups is 1. The molecule has 0 atom stereocenters. The fourth-order valence-corrected chi connectivity index (χ4v) is 5.71. The molecule has 1 amide bonds. The minimum absolute atomic E-state index is 0.0721. The second-order valence-corrected chi connectivity index (χ2v) is 12.8. The molecule has 13 heteroatoms. The molecule has 0 spiro atoms. The number of nitrogens with zero attached hydrogens (tertiary/aromatic N) is 4. The average Bonchev–Trinajstić information content (AvgIpc) is 2.88. The second kappa shape index (κ2) is 12.1. The van der Waals surface area contributed by atoms with Crippen molar-refractivity contribution in [3.63, 3.8) is 0 Å². The third-order valence-corrected chi connectivity index (χ3v) is 7.89. The van der Waals surface area contributed by atoms with Crippen molar-refractivity contribution >= 4 is 34.1 Å². The van der Waals surface area contributed by atoms with Crippen molar-refractivity contribution in [2.45, 2.75) is 69.5 Å². The molecule has 0 bridgehead atoms. The fraction of sp³-hybridized carbons (Fsp3) is 0.556. The fourth-order valence-electron chi connectivity index (χ4n) is 4.88. The van der Waals surface area contributed by atoms with Gasteiger partial charge in [0.15, 0.2) is 0 Å². The summed E-state index contributed by atoms with van der Waals surface area (Å²) in [6.07, 6.45) is -0.464. The SMILES string of the molecule is CC(C)(C)SC(=O)N1CCN(c2ccnc(OC3CCC(Nc4ccc([N+](=O)[O-])c(C(F)(F)F)c4)CC3)c2)CC1. The van der Waals surface area contributed by atoms with Crippen LogP contribution in [0.3, 0.4) is 0 Å². The Bertz CT molecular complexity index is 1210. The van der Waals surface area contributed by atoms with E-state index in [-0.39, 0.29) is 27.8 Å². The molecular formula is C27H34F3N5O4S. The molecule has 1 aromatic carbocycles. The number of aromatic nitrogens is 1. The highest BCUT2D eigenvalue weighted by atomic mass is 32.2. The molecule has 218 valence electrons. The number of halogens is 3. The van der Waals surface area contributed by atoms with E-state index >= 15 is 0 Å². The molecular weight excluding hydrogens is 547 g/mol. The van der Waals surface area contributed by atoms with Crippen LogP contribution in [0.15, 0.2) is 36.5 Å². The summed E-state index contributed by atoms with van der Waals surface area (Å²) in [5.74, 6) is 0.515. The van der Waals surface area contributed by atoms with E-state index in [9.17, 15) is 28.1 Å². The topological polar surface area (TPSA) is 101 Å². The van der Waals surface area contributed by atoms with Crippen molar-refractivity contribution < 1.29 is 27.6 Å². The first-order valence-electron chi connectivity index (χ1n) is 13.3. The van der Waals surface area contributed by atoms with Gasteiger partial charge in [-0.3, -0.25) is 14.9 Å². The van der Waals surface area contributed by atoms with Crippen LogP contribution in [0, 0.1) is 10.1 Å².